The lowest BCUT2D eigenvalue weighted by Crippen LogP contribution is -2.29. The summed E-state index contributed by atoms with van der Waals surface area (Å²) in [5.41, 5.74) is 1.30. The maximum atomic E-state index is 12.9. The first-order valence-electron chi connectivity index (χ1n) is 13.5. The number of benzene rings is 1. The summed E-state index contributed by atoms with van der Waals surface area (Å²) in [6.45, 7) is 8.54. The van der Waals surface area contributed by atoms with Gasteiger partial charge in [-0.15, -0.1) is 0 Å². The van der Waals surface area contributed by atoms with Gasteiger partial charge in [0.15, 0.2) is 0 Å². The van der Waals surface area contributed by atoms with Crippen molar-refractivity contribution < 1.29 is 14.3 Å². The fourth-order valence-corrected chi connectivity index (χ4v) is 4.02. The van der Waals surface area contributed by atoms with Crippen LogP contribution in [-0.4, -0.2) is 33.6 Å². The van der Waals surface area contributed by atoms with E-state index in [1.165, 1.54) is 49.4 Å². The quantitative estimate of drug-likeness (QED) is 0.151. The summed E-state index contributed by atoms with van der Waals surface area (Å²) in [7, 11) is 0. The van der Waals surface area contributed by atoms with E-state index in [-0.39, 0.29) is 24.2 Å². The molecule has 1 unspecified atom stereocenters. The second-order valence-electron chi connectivity index (χ2n) is 10.4. The summed E-state index contributed by atoms with van der Waals surface area (Å²) in [5.74, 6) is -0.536. The summed E-state index contributed by atoms with van der Waals surface area (Å²) >= 11 is 0. The second kappa shape index (κ2) is 16.0. The average Bonchev–Trinajstić information content (AvgIpc) is 3.37. The van der Waals surface area contributed by atoms with Crippen LogP contribution in [0.1, 0.15) is 95.8 Å². The maximum absolute atomic E-state index is 12.9. The first-order chi connectivity index (χ1) is 17.3. The zero-order valence-corrected chi connectivity index (χ0v) is 22.7. The molecule has 0 aliphatic carbocycles. The molecule has 0 aliphatic heterocycles. The predicted molar refractivity (Wildman–Crippen MR) is 147 cm³/mol. The molecule has 0 saturated carbocycles. The minimum atomic E-state index is -0.518. The van der Waals surface area contributed by atoms with Gasteiger partial charge in [-0.2, -0.15) is 0 Å². The number of nitrogens with zero attached hydrogens (tertiary/aromatic N) is 2. The number of ether oxygens (including phenoxy) is 1. The van der Waals surface area contributed by atoms with Crippen LogP contribution in [0.3, 0.4) is 0 Å². The van der Waals surface area contributed by atoms with Crippen molar-refractivity contribution >= 4 is 17.6 Å². The molecule has 0 saturated heterocycles. The fraction of sp³-hybridized carbons (Fsp3) is 0.567. The maximum Gasteiger partial charge on any atom is 0.313 e. The molecule has 0 radical (unpaired) electrons. The Morgan fingerprint density at radius 1 is 1.08 bits per heavy atom. The van der Waals surface area contributed by atoms with Crippen LogP contribution < -0.4 is 5.32 Å². The molecule has 0 spiro atoms. The van der Waals surface area contributed by atoms with Crippen LogP contribution in [0.25, 0.3) is 0 Å². The summed E-state index contributed by atoms with van der Waals surface area (Å²) in [4.78, 5) is 29.3. The first kappa shape index (κ1) is 29.3. The Kier molecular flexibility index (Phi) is 13.0. The Morgan fingerprint density at radius 3 is 2.50 bits per heavy atom. The third-order valence-electron chi connectivity index (χ3n) is 5.97. The zero-order valence-electron chi connectivity index (χ0n) is 22.7. The Bertz CT molecular complexity index is 929. The van der Waals surface area contributed by atoms with Gasteiger partial charge in [0.25, 0.3) is 0 Å². The van der Waals surface area contributed by atoms with E-state index in [0.29, 0.717) is 13.0 Å². The fourth-order valence-electron chi connectivity index (χ4n) is 4.02. The Labute approximate surface area is 217 Å². The van der Waals surface area contributed by atoms with Gasteiger partial charge in [0.05, 0.1) is 12.3 Å². The highest BCUT2D eigenvalue weighted by Crippen LogP contribution is 2.19. The van der Waals surface area contributed by atoms with Crippen LogP contribution in [0.2, 0.25) is 0 Å². The van der Waals surface area contributed by atoms with Crippen molar-refractivity contribution in [2.24, 2.45) is 5.92 Å². The molecule has 1 atom stereocenters. The van der Waals surface area contributed by atoms with E-state index in [9.17, 15) is 9.59 Å². The lowest BCUT2D eigenvalue weighted by Gasteiger charge is -2.23. The monoisotopic (exact) mass is 495 g/mol. The summed E-state index contributed by atoms with van der Waals surface area (Å²) in [5, 5.41) is 3.43. The van der Waals surface area contributed by atoms with Gasteiger partial charge in [-0.05, 0) is 51.7 Å². The Morgan fingerprint density at radius 2 is 1.81 bits per heavy atom. The van der Waals surface area contributed by atoms with E-state index < -0.39 is 5.60 Å². The van der Waals surface area contributed by atoms with Crippen molar-refractivity contribution in [1.29, 1.82) is 0 Å². The van der Waals surface area contributed by atoms with Crippen molar-refractivity contribution in [3.63, 3.8) is 0 Å². The van der Waals surface area contributed by atoms with Crippen LogP contribution in [-0.2, 0) is 16.0 Å². The molecule has 1 N–H and O–H groups in total. The van der Waals surface area contributed by atoms with Crippen LogP contribution >= 0.6 is 0 Å². The van der Waals surface area contributed by atoms with Crippen molar-refractivity contribution in [1.82, 2.24) is 9.55 Å². The molecule has 2 rings (SSSR count). The number of para-hydroxylation sites is 1. The SMILES string of the molecule is CCCCCCCCC/C=C/C(CCNc1ccccc1CC(=O)n1ccnc1)C(=O)OC(C)(C)C. The molecule has 0 amide bonds. The van der Waals surface area contributed by atoms with Gasteiger partial charge in [0.1, 0.15) is 11.9 Å². The molecule has 36 heavy (non-hydrogen) atoms. The minimum Gasteiger partial charge on any atom is -0.460 e. The van der Waals surface area contributed by atoms with E-state index >= 15 is 0 Å². The van der Waals surface area contributed by atoms with Crippen molar-refractivity contribution in [2.45, 2.75) is 97.5 Å². The minimum absolute atomic E-state index is 0.0401. The summed E-state index contributed by atoms with van der Waals surface area (Å²) < 4.78 is 7.17. The normalized spacial score (nSPS) is 12.6. The Balaban J connectivity index is 1.89. The number of nitrogens with one attached hydrogen (secondary N) is 1. The number of hydrogen-bond donors (Lipinski definition) is 1. The molecule has 2 aromatic rings. The lowest BCUT2D eigenvalue weighted by molar-refractivity contribution is -0.158. The third-order valence-corrected chi connectivity index (χ3v) is 5.97. The molecule has 6 heteroatoms. The Hall–Kier alpha value is -2.89. The van der Waals surface area contributed by atoms with Crippen LogP contribution in [0, 0.1) is 5.92 Å². The summed E-state index contributed by atoms with van der Waals surface area (Å²) in [6, 6.07) is 7.79. The van der Waals surface area contributed by atoms with Crippen LogP contribution in [0.5, 0.6) is 0 Å². The van der Waals surface area contributed by atoms with E-state index in [0.717, 1.165) is 24.1 Å². The smallest absolute Gasteiger partial charge is 0.313 e. The highest BCUT2D eigenvalue weighted by molar-refractivity contribution is 5.82. The van der Waals surface area contributed by atoms with Gasteiger partial charge in [-0.1, -0.05) is 75.8 Å². The number of hydrogen-bond acceptors (Lipinski definition) is 5. The molecule has 0 aliphatic rings. The van der Waals surface area contributed by atoms with Crippen LogP contribution in [0.4, 0.5) is 5.69 Å². The first-order valence-corrected chi connectivity index (χ1v) is 13.5. The van der Waals surface area contributed by atoms with Gasteiger partial charge in [0.2, 0.25) is 5.91 Å². The van der Waals surface area contributed by atoms with Gasteiger partial charge in [-0.25, -0.2) is 4.98 Å². The number of rotatable bonds is 16. The van der Waals surface area contributed by atoms with Crippen molar-refractivity contribution in [3.05, 3.63) is 60.7 Å². The standard InChI is InChI=1S/C30H45N3O3/c1-5-6-7-8-9-10-11-12-13-16-25(29(35)36-30(2,3)4)19-20-32-27-18-15-14-17-26(27)23-28(34)33-22-21-31-24-33/h13-18,21-22,24-25,32H,5-12,19-20,23H2,1-4H3/b16-13+. The molecule has 1 aromatic heterocycles. The van der Waals surface area contributed by atoms with Crippen LogP contribution in [0.15, 0.2) is 55.1 Å². The highest BCUT2D eigenvalue weighted by atomic mass is 16.6. The van der Waals surface area contributed by atoms with E-state index in [2.05, 4.69) is 23.3 Å². The lowest BCUT2D eigenvalue weighted by atomic mass is 10.0. The van der Waals surface area contributed by atoms with E-state index in [1.807, 2.05) is 51.1 Å². The number of allylic oxidation sites excluding steroid dienone is 1. The molecule has 0 fully saturated rings. The van der Waals surface area contributed by atoms with E-state index in [1.54, 1.807) is 12.4 Å². The number of carbonyl (C=O) groups excluding carboxylic acids is 2. The molecule has 198 valence electrons. The molecule has 0 bridgehead atoms. The van der Waals surface area contributed by atoms with Gasteiger partial charge < -0.3 is 10.1 Å². The zero-order chi connectivity index (χ0) is 26.2. The largest absolute Gasteiger partial charge is 0.460 e. The van der Waals surface area contributed by atoms with Crippen molar-refractivity contribution in [3.8, 4) is 0 Å². The number of aromatic nitrogens is 2. The number of unbranched alkanes of at least 4 members (excludes halogenated alkanes) is 7. The second-order valence-corrected chi connectivity index (χ2v) is 10.4. The summed E-state index contributed by atoms with van der Waals surface area (Å²) in [6.07, 6.45) is 19.7. The molecule has 1 aromatic carbocycles. The van der Waals surface area contributed by atoms with Gasteiger partial charge >= 0.3 is 5.97 Å². The number of carbonyl (C=O) groups is 2. The number of imidazole rings is 1. The number of esters is 1. The molecular formula is C30H45N3O3. The molecule has 1 heterocycles. The predicted octanol–water partition coefficient (Wildman–Crippen LogP) is 7.22. The van der Waals surface area contributed by atoms with Crippen molar-refractivity contribution in [2.75, 3.05) is 11.9 Å². The number of anilines is 1. The topological polar surface area (TPSA) is 73.2 Å². The third kappa shape index (κ3) is 11.7. The van der Waals surface area contributed by atoms with Gasteiger partial charge in [-0.3, -0.25) is 14.2 Å². The van der Waals surface area contributed by atoms with Gasteiger partial charge in [0, 0.05) is 24.6 Å². The molecule has 6 nitrogen and oxygen atoms in total. The van der Waals surface area contributed by atoms with E-state index in [4.69, 9.17) is 4.74 Å². The average molecular weight is 496 g/mol. The highest BCUT2D eigenvalue weighted by Gasteiger charge is 2.23. The molecular weight excluding hydrogens is 450 g/mol.